The molecule has 1 fully saturated rings. The van der Waals surface area contributed by atoms with Gasteiger partial charge in [0.05, 0.1) is 4.91 Å². The van der Waals surface area contributed by atoms with E-state index in [2.05, 4.69) is 21.2 Å². The molecule has 4 aromatic carbocycles. The molecule has 9 heteroatoms. The Morgan fingerprint density at radius 2 is 1.76 bits per heavy atom. The average Bonchev–Trinajstić information content (AvgIpc) is 3.16. The Bertz CT molecular complexity index is 1600. The second-order valence-corrected chi connectivity index (χ2v) is 10.3. The standard InChI is InChI=1S/C29H20BrFN2O4S/c30-21-12-13-25(37-17-19-7-2-4-10-23(19)31)20(14-21)15-26-28(35)33(29(36)38-26)16-27(34)32-24-11-5-8-18-6-1-3-9-22(18)24/h1-15H,16-17H2,(H,32,34)/b26-15-. The first-order valence-electron chi connectivity index (χ1n) is 11.6. The topological polar surface area (TPSA) is 75.7 Å². The number of carbonyl (C=O) groups is 3. The lowest BCUT2D eigenvalue weighted by atomic mass is 10.1. The lowest BCUT2D eigenvalue weighted by Crippen LogP contribution is -2.36. The molecule has 1 heterocycles. The first-order valence-corrected chi connectivity index (χ1v) is 13.2. The summed E-state index contributed by atoms with van der Waals surface area (Å²) in [7, 11) is 0. The van der Waals surface area contributed by atoms with Crippen LogP contribution in [-0.2, 0) is 16.2 Å². The fourth-order valence-electron chi connectivity index (χ4n) is 3.98. The first kappa shape index (κ1) is 25.7. The van der Waals surface area contributed by atoms with Crippen molar-refractivity contribution in [2.45, 2.75) is 6.61 Å². The van der Waals surface area contributed by atoms with Crippen molar-refractivity contribution in [3.63, 3.8) is 0 Å². The number of hydrogen-bond donors (Lipinski definition) is 1. The number of halogens is 2. The number of carbonyl (C=O) groups excluding carboxylic acids is 3. The highest BCUT2D eigenvalue weighted by Gasteiger charge is 2.36. The predicted octanol–water partition coefficient (Wildman–Crippen LogP) is 7.00. The second-order valence-electron chi connectivity index (χ2n) is 8.40. The van der Waals surface area contributed by atoms with Crippen LogP contribution in [0.15, 0.2) is 94.3 Å². The van der Waals surface area contributed by atoms with Crippen LogP contribution in [-0.4, -0.2) is 28.5 Å². The van der Waals surface area contributed by atoms with Gasteiger partial charge in [0.1, 0.15) is 24.7 Å². The Morgan fingerprint density at radius 3 is 2.61 bits per heavy atom. The van der Waals surface area contributed by atoms with E-state index in [1.165, 1.54) is 12.1 Å². The summed E-state index contributed by atoms with van der Waals surface area (Å²) >= 11 is 4.15. The molecule has 0 aromatic heterocycles. The van der Waals surface area contributed by atoms with Crippen molar-refractivity contribution in [2.75, 3.05) is 11.9 Å². The molecule has 5 rings (SSSR count). The van der Waals surface area contributed by atoms with Crippen molar-refractivity contribution in [3.05, 3.63) is 111 Å². The Balaban J connectivity index is 1.32. The van der Waals surface area contributed by atoms with Crippen LogP contribution in [0.3, 0.4) is 0 Å². The van der Waals surface area contributed by atoms with Crippen LogP contribution >= 0.6 is 27.7 Å². The summed E-state index contributed by atoms with van der Waals surface area (Å²) in [6, 6.07) is 24.6. The van der Waals surface area contributed by atoms with Gasteiger partial charge in [-0.3, -0.25) is 19.3 Å². The van der Waals surface area contributed by atoms with Gasteiger partial charge in [-0.2, -0.15) is 0 Å². The van der Waals surface area contributed by atoms with Gasteiger partial charge >= 0.3 is 0 Å². The molecule has 0 spiro atoms. The van der Waals surface area contributed by atoms with Gasteiger partial charge in [-0.05, 0) is 53.6 Å². The summed E-state index contributed by atoms with van der Waals surface area (Å²) in [5.41, 5.74) is 1.52. The van der Waals surface area contributed by atoms with Crippen LogP contribution in [0.5, 0.6) is 5.75 Å². The van der Waals surface area contributed by atoms with E-state index in [1.54, 1.807) is 42.5 Å². The van der Waals surface area contributed by atoms with Crippen molar-refractivity contribution >= 4 is 67.3 Å². The summed E-state index contributed by atoms with van der Waals surface area (Å²) < 4.78 is 20.6. The molecule has 0 aliphatic carbocycles. The highest BCUT2D eigenvalue weighted by Crippen LogP contribution is 2.35. The van der Waals surface area contributed by atoms with E-state index in [0.717, 1.165) is 31.9 Å². The van der Waals surface area contributed by atoms with Crippen LogP contribution in [0.2, 0.25) is 0 Å². The minimum Gasteiger partial charge on any atom is -0.488 e. The largest absolute Gasteiger partial charge is 0.488 e. The van der Waals surface area contributed by atoms with Crippen LogP contribution in [0, 0.1) is 5.82 Å². The normalized spacial score (nSPS) is 14.4. The highest BCUT2D eigenvalue weighted by molar-refractivity contribution is 9.10. The lowest BCUT2D eigenvalue weighted by Gasteiger charge is -2.14. The van der Waals surface area contributed by atoms with E-state index in [0.29, 0.717) is 22.6 Å². The zero-order valence-electron chi connectivity index (χ0n) is 19.8. The third kappa shape index (κ3) is 5.64. The second kappa shape index (κ2) is 11.2. The molecule has 0 atom stereocenters. The molecule has 3 amide bonds. The smallest absolute Gasteiger partial charge is 0.294 e. The maximum atomic E-state index is 14.0. The molecule has 1 aliphatic rings. The highest BCUT2D eigenvalue weighted by atomic mass is 79.9. The van der Waals surface area contributed by atoms with Crippen molar-refractivity contribution in [3.8, 4) is 5.75 Å². The lowest BCUT2D eigenvalue weighted by molar-refractivity contribution is -0.127. The minimum atomic E-state index is -0.576. The molecular weight excluding hydrogens is 571 g/mol. The third-order valence-corrected chi connectivity index (χ3v) is 7.24. The fraction of sp³-hybridized carbons (Fsp3) is 0.0690. The Morgan fingerprint density at radius 1 is 1.00 bits per heavy atom. The molecule has 1 aliphatic heterocycles. The number of fused-ring (bicyclic) bond motifs is 1. The molecular formula is C29H20BrFN2O4S. The fourth-order valence-corrected chi connectivity index (χ4v) is 5.19. The Kier molecular flexibility index (Phi) is 7.57. The summed E-state index contributed by atoms with van der Waals surface area (Å²) in [6.07, 6.45) is 1.54. The zero-order chi connectivity index (χ0) is 26.6. The summed E-state index contributed by atoms with van der Waals surface area (Å²) in [4.78, 5) is 39.6. The summed E-state index contributed by atoms with van der Waals surface area (Å²) in [6.45, 7) is -0.425. The van der Waals surface area contributed by atoms with Gasteiger partial charge in [0.2, 0.25) is 5.91 Å². The molecule has 190 valence electrons. The van der Waals surface area contributed by atoms with Crippen LogP contribution < -0.4 is 10.1 Å². The number of amides is 3. The molecule has 38 heavy (non-hydrogen) atoms. The maximum Gasteiger partial charge on any atom is 0.294 e. The molecule has 4 aromatic rings. The SMILES string of the molecule is O=C(CN1C(=O)S/C(=C\c2cc(Br)ccc2OCc2ccccc2F)C1=O)Nc1cccc2ccccc12. The van der Waals surface area contributed by atoms with Gasteiger partial charge in [-0.15, -0.1) is 0 Å². The van der Waals surface area contributed by atoms with E-state index in [1.807, 2.05) is 36.4 Å². The van der Waals surface area contributed by atoms with Crippen LogP contribution in [0.1, 0.15) is 11.1 Å². The minimum absolute atomic E-state index is 0.00896. The van der Waals surface area contributed by atoms with Gasteiger partial charge in [0.15, 0.2) is 0 Å². The number of nitrogens with zero attached hydrogens (tertiary/aromatic N) is 1. The summed E-state index contributed by atoms with van der Waals surface area (Å²) in [5, 5.41) is 4.07. The molecule has 0 bridgehead atoms. The van der Waals surface area contributed by atoms with E-state index in [-0.39, 0.29) is 17.3 Å². The quantitative estimate of drug-likeness (QED) is 0.235. The molecule has 1 saturated heterocycles. The van der Waals surface area contributed by atoms with E-state index in [4.69, 9.17) is 4.74 Å². The number of benzene rings is 4. The number of rotatable bonds is 7. The number of ether oxygens (including phenoxy) is 1. The van der Waals surface area contributed by atoms with Gasteiger partial charge < -0.3 is 10.1 Å². The van der Waals surface area contributed by atoms with Crippen molar-refractivity contribution in [1.82, 2.24) is 4.90 Å². The van der Waals surface area contributed by atoms with Gasteiger partial charge in [0, 0.05) is 26.7 Å². The number of nitrogens with one attached hydrogen (secondary N) is 1. The zero-order valence-corrected chi connectivity index (χ0v) is 22.2. The average molecular weight is 591 g/mol. The molecule has 6 nitrogen and oxygen atoms in total. The van der Waals surface area contributed by atoms with E-state index in [9.17, 15) is 18.8 Å². The van der Waals surface area contributed by atoms with E-state index >= 15 is 0 Å². The monoisotopic (exact) mass is 590 g/mol. The van der Waals surface area contributed by atoms with Crippen LogP contribution in [0.4, 0.5) is 14.9 Å². The molecule has 0 saturated carbocycles. The number of hydrogen-bond acceptors (Lipinski definition) is 5. The Hall–Kier alpha value is -3.95. The number of anilines is 1. The van der Waals surface area contributed by atoms with Crippen molar-refractivity contribution < 1.29 is 23.5 Å². The number of thioether (sulfide) groups is 1. The van der Waals surface area contributed by atoms with Gasteiger partial charge in [0.25, 0.3) is 11.1 Å². The number of imide groups is 1. The maximum absolute atomic E-state index is 14.0. The molecule has 0 unspecified atom stereocenters. The van der Waals surface area contributed by atoms with Crippen molar-refractivity contribution in [2.24, 2.45) is 0 Å². The first-order chi connectivity index (χ1) is 18.4. The predicted molar refractivity (Wildman–Crippen MR) is 150 cm³/mol. The van der Waals surface area contributed by atoms with E-state index < -0.39 is 23.6 Å². The van der Waals surface area contributed by atoms with Gasteiger partial charge in [-0.1, -0.05) is 70.5 Å². The summed E-state index contributed by atoms with van der Waals surface area (Å²) in [5.74, 6) is -1.03. The van der Waals surface area contributed by atoms with Crippen LogP contribution in [0.25, 0.3) is 16.8 Å². The molecule has 1 N–H and O–H groups in total. The third-order valence-electron chi connectivity index (χ3n) is 5.84. The Labute approximate surface area is 230 Å². The molecule has 0 radical (unpaired) electrons. The van der Waals surface area contributed by atoms with Crippen molar-refractivity contribution in [1.29, 1.82) is 0 Å². The van der Waals surface area contributed by atoms with Gasteiger partial charge in [-0.25, -0.2) is 4.39 Å².